The molecule has 2 aromatic carbocycles. The predicted octanol–water partition coefficient (Wildman–Crippen LogP) is 5.56. The summed E-state index contributed by atoms with van der Waals surface area (Å²) in [5.41, 5.74) is 3.41. The number of hydrogen-bond acceptors (Lipinski definition) is 4. The molecule has 1 aliphatic rings. The van der Waals surface area contributed by atoms with Gasteiger partial charge in [-0.3, -0.25) is 0 Å². The van der Waals surface area contributed by atoms with Crippen LogP contribution in [0.15, 0.2) is 65.8 Å². The lowest BCUT2D eigenvalue weighted by atomic mass is 9.99. The number of fused-ring (bicyclic) bond motifs is 2. The third-order valence-corrected chi connectivity index (χ3v) is 5.56. The first-order valence-corrected chi connectivity index (χ1v) is 9.51. The van der Waals surface area contributed by atoms with Crippen molar-refractivity contribution in [1.29, 1.82) is 0 Å². The van der Waals surface area contributed by atoms with E-state index < -0.39 is 11.9 Å². The topological polar surface area (TPSA) is 42.2 Å². The van der Waals surface area contributed by atoms with Gasteiger partial charge >= 0.3 is 6.18 Å². The van der Waals surface area contributed by atoms with Crippen molar-refractivity contribution in [2.45, 2.75) is 11.1 Å². The van der Waals surface area contributed by atoms with Gasteiger partial charge in [0.15, 0.2) is 0 Å². The summed E-state index contributed by atoms with van der Waals surface area (Å²) in [5, 5.41) is 7.81. The molecule has 3 heterocycles. The smallest absolute Gasteiger partial charge is 0.375 e. The van der Waals surface area contributed by atoms with Crippen LogP contribution in [-0.4, -0.2) is 20.5 Å². The van der Waals surface area contributed by atoms with Crippen LogP contribution in [0.5, 0.6) is 0 Å². The van der Waals surface area contributed by atoms with Gasteiger partial charge in [-0.2, -0.15) is 18.3 Å². The summed E-state index contributed by atoms with van der Waals surface area (Å²) in [6.45, 7) is 0. The molecule has 0 spiro atoms. The van der Waals surface area contributed by atoms with E-state index in [9.17, 15) is 13.2 Å². The average Bonchev–Trinajstić information content (AvgIpc) is 3.31. The lowest BCUT2D eigenvalue weighted by Gasteiger charge is -2.08. The van der Waals surface area contributed by atoms with Crippen LogP contribution in [0.3, 0.4) is 0 Å². The van der Waals surface area contributed by atoms with Gasteiger partial charge < -0.3 is 5.32 Å². The molecule has 0 unspecified atom stereocenters. The largest absolute Gasteiger partial charge is 0.433 e. The molecule has 140 valence electrons. The van der Waals surface area contributed by atoms with Gasteiger partial charge in [0, 0.05) is 21.7 Å². The summed E-state index contributed by atoms with van der Waals surface area (Å²) in [5.74, 6) is 0.779. The predicted molar refractivity (Wildman–Crippen MR) is 103 cm³/mol. The van der Waals surface area contributed by atoms with Gasteiger partial charge in [-0.25, -0.2) is 9.50 Å². The van der Waals surface area contributed by atoms with Crippen molar-refractivity contribution in [1.82, 2.24) is 14.6 Å². The maximum absolute atomic E-state index is 13.3. The highest BCUT2D eigenvalue weighted by atomic mass is 32.2. The van der Waals surface area contributed by atoms with Crippen molar-refractivity contribution in [2.24, 2.45) is 0 Å². The molecule has 0 atom stereocenters. The molecule has 28 heavy (non-hydrogen) atoms. The summed E-state index contributed by atoms with van der Waals surface area (Å²) in [7, 11) is 0. The second-order valence-corrected chi connectivity index (χ2v) is 7.38. The Hall–Kier alpha value is -3.00. The van der Waals surface area contributed by atoms with Crippen molar-refractivity contribution >= 4 is 23.0 Å². The molecule has 4 nitrogen and oxygen atoms in total. The van der Waals surface area contributed by atoms with Crippen LogP contribution >= 0.6 is 11.8 Å². The van der Waals surface area contributed by atoms with Gasteiger partial charge in [0.05, 0.1) is 11.4 Å². The number of nitrogens with one attached hydrogen (secondary N) is 1. The Morgan fingerprint density at radius 3 is 2.61 bits per heavy atom. The fourth-order valence-electron chi connectivity index (χ4n) is 3.33. The van der Waals surface area contributed by atoms with Gasteiger partial charge in [0.25, 0.3) is 0 Å². The average molecular weight is 398 g/mol. The number of alkyl halides is 3. The van der Waals surface area contributed by atoms with Gasteiger partial charge in [-0.05, 0) is 23.8 Å². The molecule has 5 rings (SSSR count). The lowest BCUT2D eigenvalue weighted by molar-refractivity contribution is -0.141. The summed E-state index contributed by atoms with van der Waals surface area (Å²) in [6, 6.07) is 16.4. The van der Waals surface area contributed by atoms with E-state index in [0.717, 1.165) is 40.0 Å². The van der Waals surface area contributed by atoms with Crippen LogP contribution in [0, 0.1) is 0 Å². The van der Waals surface area contributed by atoms with E-state index in [1.54, 1.807) is 11.8 Å². The molecule has 1 N–H and O–H groups in total. The Kier molecular flexibility index (Phi) is 3.83. The Bertz CT molecular complexity index is 1190. The molecule has 0 amide bonds. The van der Waals surface area contributed by atoms with Crippen LogP contribution in [0.2, 0.25) is 0 Å². The van der Waals surface area contributed by atoms with E-state index in [-0.39, 0.29) is 0 Å². The third kappa shape index (κ3) is 2.80. The van der Waals surface area contributed by atoms with Crippen molar-refractivity contribution in [3.05, 3.63) is 66.6 Å². The first-order chi connectivity index (χ1) is 13.5. The molecule has 0 fully saturated rings. The second kappa shape index (κ2) is 6.27. The van der Waals surface area contributed by atoms with Crippen LogP contribution < -0.4 is 5.32 Å². The van der Waals surface area contributed by atoms with Crippen molar-refractivity contribution in [3.63, 3.8) is 0 Å². The minimum Gasteiger partial charge on any atom is -0.375 e. The monoisotopic (exact) mass is 398 g/mol. The third-order valence-electron chi connectivity index (χ3n) is 4.63. The van der Waals surface area contributed by atoms with Gasteiger partial charge in [-0.1, -0.05) is 36.4 Å². The quantitative estimate of drug-likeness (QED) is 0.480. The Morgan fingerprint density at radius 2 is 1.82 bits per heavy atom. The molecule has 0 saturated heterocycles. The van der Waals surface area contributed by atoms with E-state index in [1.165, 1.54) is 4.52 Å². The zero-order chi connectivity index (χ0) is 19.3. The number of hydrogen-bond donors (Lipinski definition) is 1. The molecule has 0 aliphatic carbocycles. The standard InChI is InChI=1S/C20H13F3N4S/c21-20(22,23)17-9-15-18(13-6-7-14-16(8-13)28-11-25-14)19(26-27(15)10-24-17)12-4-2-1-3-5-12/h1-10,25H,11H2. The number of rotatable bonds is 2. The number of nitrogens with zero attached hydrogens (tertiary/aromatic N) is 3. The molecule has 8 heteroatoms. The van der Waals surface area contributed by atoms with Crippen LogP contribution in [-0.2, 0) is 6.18 Å². The first-order valence-electron chi connectivity index (χ1n) is 8.53. The maximum Gasteiger partial charge on any atom is 0.433 e. The number of halogens is 3. The Labute approximate surface area is 162 Å². The molecule has 1 aliphatic heterocycles. The minimum atomic E-state index is -4.52. The Balaban J connectivity index is 1.81. The van der Waals surface area contributed by atoms with Crippen molar-refractivity contribution in [3.8, 4) is 22.4 Å². The zero-order valence-electron chi connectivity index (χ0n) is 14.4. The van der Waals surface area contributed by atoms with Crippen LogP contribution in [0.1, 0.15) is 5.69 Å². The van der Waals surface area contributed by atoms with Gasteiger partial charge in [0.2, 0.25) is 0 Å². The van der Waals surface area contributed by atoms with Crippen molar-refractivity contribution < 1.29 is 13.2 Å². The number of thioether (sulfide) groups is 1. The molecule has 0 radical (unpaired) electrons. The fraction of sp³-hybridized carbons (Fsp3) is 0.100. The summed E-state index contributed by atoms with van der Waals surface area (Å²) in [6.07, 6.45) is -3.40. The molecule has 0 bridgehead atoms. The van der Waals surface area contributed by atoms with E-state index in [1.807, 2.05) is 48.5 Å². The highest BCUT2D eigenvalue weighted by Crippen LogP contribution is 2.41. The highest BCUT2D eigenvalue weighted by molar-refractivity contribution is 7.99. The first kappa shape index (κ1) is 17.1. The maximum atomic E-state index is 13.3. The van der Waals surface area contributed by atoms with Crippen molar-refractivity contribution in [2.75, 3.05) is 11.2 Å². The number of anilines is 1. The van der Waals surface area contributed by atoms with Crippen LogP contribution in [0.25, 0.3) is 27.9 Å². The van der Waals surface area contributed by atoms with E-state index >= 15 is 0 Å². The summed E-state index contributed by atoms with van der Waals surface area (Å²) >= 11 is 1.66. The van der Waals surface area contributed by atoms with Gasteiger partial charge in [0.1, 0.15) is 17.7 Å². The second-order valence-electron chi connectivity index (χ2n) is 6.37. The Morgan fingerprint density at radius 1 is 1.00 bits per heavy atom. The molecular weight excluding hydrogens is 385 g/mol. The van der Waals surface area contributed by atoms with Crippen LogP contribution in [0.4, 0.5) is 18.9 Å². The fourth-order valence-corrected chi connectivity index (χ4v) is 4.22. The summed E-state index contributed by atoms with van der Waals surface area (Å²) < 4.78 is 41.2. The van der Waals surface area contributed by atoms with E-state index in [4.69, 9.17) is 0 Å². The SMILES string of the molecule is FC(F)(F)c1cc2c(-c3ccc4c(c3)SCN4)c(-c3ccccc3)nn2cn1. The number of aromatic nitrogens is 3. The molecule has 2 aromatic heterocycles. The molecule has 0 saturated carbocycles. The highest BCUT2D eigenvalue weighted by Gasteiger charge is 2.33. The number of benzene rings is 2. The van der Waals surface area contributed by atoms with E-state index in [0.29, 0.717) is 16.8 Å². The van der Waals surface area contributed by atoms with Gasteiger partial charge in [-0.15, -0.1) is 11.8 Å². The summed E-state index contributed by atoms with van der Waals surface area (Å²) in [4.78, 5) is 4.61. The lowest BCUT2D eigenvalue weighted by Crippen LogP contribution is -2.08. The molecule has 4 aromatic rings. The minimum absolute atomic E-state index is 0.372. The van der Waals surface area contributed by atoms with E-state index in [2.05, 4.69) is 15.4 Å². The molecular formula is C20H13F3N4S. The normalized spacial score (nSPS) is 13.5. The zero-order valence-corrected chi connectivity index (χ0v) is 15.2.